The SMILES string of the molecule is COC(Cc1ccc(CCCN2c3ccccc3CCCc3ccccc32)cc1)C(=O)O. The van der Waals surface area contributed by atoms with Gasteiger partial charge in [0, 0.05) is 31.5 Å². The quantitative estimate of drug-likeness (QED) is 0.507. The number of aliphatic carboxylic acids is 1. The number of anilines is 2. The van der Waals surface area contributed by atoms with E-state index < -0.39 is 12.1 Å². The summed E-state index contributed by atoms with van der Waals surface area (Å²) in [5.74, 6) is -0.926. The molecule has 0 saturated carbocycles. The van der Waals surface area contributed by atoms with Crippen LogP contribution in [0.2, 0.25) is 0 Å². The number of carboxylic acids is 1. The zero-order valence-electron chi connectivity index (χ0n) is 18.7. The average Bonchev–Trinajstić information content (AvgIpc) is 2.81. The Bertz CT molecular complexity index is 997. The minimum Gasteiger partial charge on any atom is -0.479 e. The number of para-hydroxylation sites is 2. The van der Waals surface area contributed by atoms with Gasteiger partial charge >= 0.3 is 5.97 Å². The van der Waals surface area contributed by atoms with Gasteiger partial charge in [-0.05, 0) is 66.5 Å². The Morgan fingerprint density at radius 2 is 1.47 bits per heavy atom. The second kappa shape index (κ2) is 10.5. The molecule has 0 radical (unpaired) electrons. The third-order valence-corrected chi connectivity index (χ3v) is 6.31. The van der Waals surface area contributed by atoms with E-state index in [1.165, 1.54) is 41.6 Å². The number of methoxy groups -OCH3 is 1. The van der Waals surface area contributed by atoms with Gasteiger partial charge in [-0.1, -0.05) is 60.7 Å². The Hall–Kier alpha value is -3.11. The zero-order valence-corrected chi connectivity index (χ0v) is 18.7. The van der Waals surface area contributed by atoms with Crippen LogP contribution in [0, 0.1) is 0 Å². The van der Waals surface area contributed by atoms with E-state index in [1.54, 1.807) is 0 Å². The van der Waals surface area contributed by atoms with E-state index in [9.17, 15) is 9.90 Å². The van der Waals surface area contributed by atoms with Crippen LogP contribution in [0.1, 0.15) is 35.1 Å². The summed E-state index contributed by atoms with van der Waals surface area (Å²) in [5.41, 5.74) is 7.76. The van der Waals surface area contributed by atoms with E-state index in [2.05, 4.69) is 65.6 Å². The molecule has 3 aromatic carbocycles. The van der Waals surface area contributed by atoms with E-state index in [4.69, 9.17) is 4.74 Å². The summed E-state index contributed by atoms with van der Waals surface area (Å²) in [6.07, 6.45) is 5.01. The highest BCUT2D eigenvalue weighted by Crippen LogP contribution is 2.35. The van der Waals surface area contributed by atoms with Crippen molar-refractivity contribution in [1.29, 1.82) is 0 Å². The number of benzene rings is 3. The van der Waals surface area contributed by atoms with Crippen LogP contribution in [-0.4, -0.2) is 30.8 Å². The van der Waals surface area contributed by atoms with Crippen LogP contribution < -0.4 is 4.90 Å². The summed E-state index contributed by atoms with van der Waals surface area (Å²) in [7, 11) is 1.44. The van der Waals surface area contributed by atoms with Gasteiger partial charge in [0.2, 0.25) is 0 Å². The molecule has 0 amide bonds. The monoisotopic (exact) mass is 429 g/mol. The summed E-state index contributed by atoms with van der Waals surface area (Å²) in [4.78, 5) is 13.7. The van der Waals surface area contributed by atoms with Crippen LogP contribution in [0.15, 0.2) is 72.8 Å². The molecule has 166 valence electrons. The Kier molecular flexibility index (Phi) is 7.23. The first-order valence-electron chi connectivity index (χ1n) is 11.4. The minimum atomic E-state index is -0.926. The minimum absolute atomic E-state index is 0.382. The van der Waals surface area contributed by atoms with Crippen LogP contribution in [0.3, 0.4) is 0 Å². The molecule has 1 unspecified atom stereocenters. The number of nitrogens with zero attached hydrogens (tertiary/aromatic N) is 1. The fourth-order valence-electron chi connectivity index (χ4n) is 4.58. The number of aryl methyl sites for hydroxylation is 3. The molecule has 1 atom stereocenters. The van der Waals surface area contributed by atoms with Crippen LogP contribution in [0.5, 0.6) is 0 Å². The van der Waals surface area contributed by atoms with Crippen molar-refractivity contribution in [2.45, 2.75) is 44.6 Å². The van der Waals surface area contributed by atoms with E-state index in [1.807, 2.05) is 12.1 Å². The van der Waals surface area contributed by atoms with Gasteiger partial charge in [0.25, 0.3) is 0 Å². The third-order valence-electron chi connectivity index (χ3n) is 6.31. The number of carboxylic acid groups (broad SMARTS) is 1. The second-order valence-corrected chi connectivity index (χ2v) is 8.45. The molecule has 1 N–H and O–H groups in total. The molecule has 0 fully saturated rings. The van der Waals surface area contributed by atoms with Crippen LogP contribution in [0.4, 0.5) is 11.4 Å². The maximum absolute atomic E-state index is 11.2. The number of hydrogen-bond donors (Lipinski definition) is 1. The van der Waals surface area contributed by atoms with E-state index >= 15 is 0 Å². The second-order valence-electron chi connectivity index (χ2n) is 8.45. The van der Waals surface area contributed by atoms with Gasteiger partial charge in [-0.25, -0.2) is 4.79 Å². The maximum Gasteiger partial charge on any atom is 0.333 e. The molecule has 3 aromatic rings. The maximum atomic E-state index is 11.2. The average molecular weight is 430 g/mol. The highest BCUT2D eigenvalue weighted by atomic mass is 16.5. The number of rotatable bonds is 8. The molecule has 4 nitrogen and oxygen atoms in total. The molecule has 1 aliphatic heterocycles. The van der Waals surface area contributed by atoms with Crippen molar-refractivity contribution < 1.29 is 14.6 Å². The summed E-state index contributed by atoms with van der Waals surface area (Å²) in [5, 5.41) is 9.18. The van der Waals surface area contributed by atoms with Crippen molar-refractivity contribution in [3.63, 3.8) is 0 Å². The van der Waals surface area contributed by atoms with Gasteiger partial charge < -0.3 is 14.7 Å². The molecule has 4 heteroatoms. The predicted molar refractivity (Wildman–Crippen MR) is 129 cm³/mol. The molecule has 0 spiro atoms. The largest absolute Gasteiger partial charge is 0.479 e. The Labute approximate surface area is 190 Å². The Morgan fingerprint density at radius 3 is 2.03 bits per heavy atom. The molecule has 0 aromatic heterocycles. The fourth-order valence-corrected chi connectivity index (χ4v) is 4.58. The molecule has 0 aliphatic carbocycles. The van der Waals surface area contributed by atoms with Gasteiger partial charge in [-0.15, -0.1) is 0 Å². The Balaban J connectivity index is 1.45. The van der Waals surface area contributed by atoms with Gasteiger partial charge in [0.1, 0.15) is 0 Å². The standard InChI is InChI=1S/C28H31NO3/c1-32-27(28(30)31)20-22-17-15-21(16-18-22)8-7-19-29-25-13-4-2-9-23(25)11-6-12-24-10-3-5-14-26(24)29/h2-5,9-10,13-18,27H,6-8,11-12,19-20H2,1H3,(H,30,31). The highest BCUT2D eigenvalue weighted by Gasteiger charge is 2.19. The number of ether oxygens (including phenoxy) is 1. The van der Waals surface area contributed by atoms with Crippen molar-refractivity contribution in [3.05, 3.63) is 95.1 Å². The lowest BCUT2D eigenvalue weighted by Gasteiger charge is -2.31. The van der Waals surface area contributed by atoms with Crippen LogP contribution in [-0.2, 0) is 35.2 Å². The summed E-state index contributed by atoms with van der Waals surface area (Å²) >= 11 is 0. The van der Waals surface area contributed by atoms with Gasteiger partial charge in [-0.3, -0.25) is 0 Å². The molecular formula is C28H31NO3. The van der Waals surface area contributed by atoms with E-state index in [0.29, 0.717) is 6.42 Å². The fraction of sp³-hybridized carbons (Fsp3) is 0.321. The number of hydrogen-bond acceptors (Lipinski definition) is 3. The summed E-state index contributed by atoms with van der Waals surface area (Å²) in [6.45, 7) is 0.959. The highest BCUT2D eigenvalue weighted by molar-refractivity contribution is 5.72. The third kappa shape index (κ3) is 5.20. The van der Waals surface area contributed by atoms with Gasteiger partial charge in [-0.2, -0.15) is 0 Å². The van der Waals surface area contributed by atoms with Crippen molar-refractivity contribution in [2.24, 2.45) is 0 Å². The van der Waals surface area contributed by atoms with E-state index in [0.717, 1.165) is 37.8 Å². The first-order valence-corrected chi connectivity index (χ1v) is 11.4. The summed E-state index contributed by atoms with van der Waals surface area (Å²) in [6, 6.07) is 25.8. The van der Waals surface area contributed by atoms with Crippen LogP contribution >= 0.6 is 0 Å². The lowest BCUT2D eigenvalue weighted by atomic mass is 9.96. The summed E-state index contributed by atoms with van der Waals surface area (Å²) < 4.78 is 5.05. The lowest BCUT2D eigenvalue weighted by molar-refractivity contribution is -0.148. The molecule has 0 bridgehead atoms. The molecule has 1 aliphatic rings. The molecule has 32 heavy (non-hydrogen) atoms. The first kappa shape index (κ1) is 22.1. The van der Waals surface area contributed by atoms with Crippen LogP contribution in [0.25, 0.3) is 0 Å². The predicted octanol–water partition coefficient (Wildman–Crippen LogP) is 5.59. The Morgan fingerprint density at radius 1 is 0.906 bits per heavy atom. The van der Waals surface area contributed by atoms with Crippen molar-refractivity contribution >= 4 is 17.3 Å². The van der Waals surface area contributed by atoms with Crippen molar-refractivity contribution in [2.75, 3.05) is 18.6 Å². The van der Waals surface area contributed by atoms with Gasteiger partial charge in [0.05, 0.1) is 0 Å². The molecule has 1 heterocycles. The number of carbonyl (C=O) groups is 1. The molecule has 0 saturated heterocycles. The van der Waals surface area contributed by atoms with E-state index in [-0.39, 0.29) is 0 Å². The van der Waals surface area contributed by atoms with Crippen molar-refractivity contribution in [1.82, 2.24) is 0 Å². The number of fused-ring (bicyclic) bond motifs is 2. The lowest BCUT2D eigenvalue weighted by Crippen LogP contribution is -2.24. The zero-order chi connectivity index (χ0) is 22.3. The molecular weight excluding hydrogens is 398 g/mol. The topological polar surface area (TPSA) is 49.8 Å². The smallest absolute Gasteiger partial charge is 0.333 e. The van der Waals surface area contributed by atoms with Crippen molar-refractivity contribution in [3.8, 4) is 0 Å². The molecule has 4 rings (SSSR count). The first-order chi connectivity index (χ1) is 15.7. The normalized spacial score (nSPS) is 14.1. The van der Waals surface area contributed by atoms with Gasteiger partial charge in [0.15, 0.2) is 6.10 Å².